The lowest BCUT2D eigenvalue weighted by molar-refractivity contribution is -0.139. The van der Waals surface area contributed by atoms with Gasteiger partial charge in [-0.15, -0.1) is 12.4 Å². The van der Waals surface area contributed by atoms with Crippen LogP contribution in [0.3, 0.4) is 0 Å². The minimum absolute atomic E-state index is 0. The van der Waals surface area contributed by atoms with E-state index in [-0.39, 0.29) is 24.4 Å². The molecule has 2 aliphatic rings. The van der Waals surface area contributed by atoms with Gasteiger partial charge in [-0.05, 0) is 41.9 Å². The number of benzene rings is 1. The fourth-order valence-corrected chi connectivity index (χ4v) is 4.53. The number of aryl methyl sites for hydroxylation is 1. The molecule has 0 bridgehead atoms. The summed E-state index contributed by atoms with van der Waals surface area (Å²) in [6.07, 6.45) is 3.16. The largest absolute Gasteiger partial charge is 0.333 e. The van der Waals surface area contributed by atoms with Gasteiger partial charge in [-0.1, -0.05) is 31.2 Å². The molecule has 1 N–H and O–H groups in total. The van der Waals surface area contributed by atoms with Crippen LogP contribution in [0.5, 0.6) is 0 Å². The zero-order chi connectivity index (χ0) is 15.4. The molecular weight excluding hydrogens is 328 g/mol. The Morgan fingerprint density at radius 2 is 1.96 bits per heavy atom. The molecule has 2 heterocycles. The first-order valence-electron chi connectivity index (χ1n) is 8.47. The molecule has 3 nitrogen and oxygen atoms in total. The number of nitrogens with zero attached hydrogens (tertiary/aromatic N) is 1. The summed E-state index contributed by atoms with van der Waals surface area (Å²) in [7, 11) is 0. The van der Waals surface area contributed by atoms with Crippen molar-refractivity contribution in [2.24, 2.45) is 5.92 Å². The number of piperazine rings is 1. The summed E-state index contributed by atoms with van der Waals surface area (Å²) in [4.78, 5) is 15.1. The Kier molecular flexibility index (Phi) is 7.25. The molecule has 5 heteroatoms. The van der Waals surface area contributed by atoms with Crippen LogP contribution in [-0.4, -0.2) is 41.9 Å². The Morgan fingerprint density at radius 3 is 2.61 bits per heavy atom. The van der Waals surface area contributed by atoms with E-state index in [9.17, 15) is 4.79 Å². The van der Waals surface area contributed by atoms with Gasteiger partial charge in [-0.25, -0.2) is 0 Å². The molecular formula is C18H27ClN2OS. The normalized spacial score (nSPS) is 22.5. The van der Waals surface area contributed by atoms with E-state index in [4.69, 9.17) is 0 Å². The SMILES string of the molecule is CCc1ccc(C2CNCCN2C(=O)C2CCSCC2)cc1.Cl. The molecule has 128 valence electrons. The monoisotopic (exact) mass is 354 g/mol. The summed E-state index contributed by atoms with van der Waals surface area (Å²) in [6.45, 7) is 4.80. The molecule has 0 spiro atoms. The van der Waals surface area contributed by atoms with E-state index in [1.165, 1.54) is 11.1 Å². The number of amides is 1. The molecule has 0 radical (unpaired) electrons. The highest BCUT2D eigenvalue weighted by molar-refractivity contribution is 7.99. The zero-order valence-electron chi connectivity index (χ0n) is 13.8. The second kappa shape index (κ2) is 8.95. The molecule has 23 heavy (non-hydrogen) atoms. The lowest BCUT2D eigenvalue weighted by Crippen LogP contribution is -2.50. The number of halogens is 1. The van der Waals surface area contributed by atoms with E-state index in [1.54, 1.807) is 0 Å². The van der Waals surface area contributed by atoms with Crippen molar-refractivity contribution < 1.29 is 4.79 Å². The van der Waals surface area contributed by atoms with Gasteiger partial charge in [-0.3, -0.25) is 4.79 Å². The summed E-state index contributed by atoms with van der Waals surface area (Å²) in [5.41, 5.74) is 2.62. The molecule has 1 aromatic rings. The summed E-state index contributed by atoms with van der Waals surface area (Å²) >= 11 is 1.98. The Labute approximate surface area is 150 Å². The van der Waals surface area contributed by atoms with Crippen LogP contribution < -0.4 is 5.32 Å². The molecule has 0 aromatic heterocycles. The van der Waals surface area contributed by atoms with E-state index < -0.39 is 0 Å². The van der Waals surface area contributed by atoms with Crippen molar-refractivity contribution in [2.75, 3.05) is 31.1 Å². The number of carbonyl (C=O) groups is 1. The summed E-state index contributed by atoms with van der Waals surface area (Å²) in [6, 6.07) is 9.00. The standard InChI is InChI=1S/C18H26N2OS.ClH/c1-2-14-3-5-15(6-4-14)17-13-19-9-10-20(17)18(21)16-7-11-22-12-8-16;/h3-6,16-17,19H,2,7-13H2,1H3;1H. The number of thioether (sulfide) groups is 1. The van der Waals surface area contributed by atoms with Crippen LogP contribution in [0.15, 0.2) is 24.3 Å². The quantitative estimate of drug-likeness (QED) is 0.904. The maximum absolute atomic E-state index is 12.9. The molecule has 1 amide bonds. The van der Waals surface area contributed by atoms with E-state index >= 15 is 0 Å². The third-order valence-electron chi connectivity index (χ3n) is 4.87. The first-order chi connectivity index (χ1) is 10.8. The summed E-state index contributed by atoms with van der Waals surface area (Å²) < 4.78 is 0. The topological polar surface area (TPSA) is 32.3 Å². The highest BCUT2D eigenvalue weighted by Crippen LogP contribution is 2.29. The number of hydrogen-bond donors (Lipinski definition) is 1. The minimum Gasteiger partial charge on any atom is -0.333 e. The van der Waals surface area contributed by atoms with Gasteiger partial charge in [0.1, 0.15) is 0 Å². The fourth-order valence-electron chi connectivity index (χ4n) is 3.42. The first kappa shape index (κ1) is 18.6. The van der Waals surface area contributed by atoms with Crippen LogP contribution in [0.4, 0.5) is 0 Å². The fraction of sp³-hybridized carbons (Fsp3) is 0.611. The van der Waals surface area contributed by atoms with E-state index in [0.717, 1.165) is 50.4 Å². The van der Waals surface area contributed by atoms with E-state index in [1.807, 2.05) is 11.8 Å². The van der Waals surface area contributed by atoms with Crippen LogP contribution in [-0.2, 0) is 11.2 Å². The number of carbonyl (C=O) groups excluding carboxylic acids is 1. The van der Waals surface area contributed by atoms with Crippen molar-refractivity contribution in [3.05, 3.63) is 35.4 Å². The lowest BCUT2D eigenvalue weighted by atomic mass is 9.96. The molecule has 1 atom stereocenters. The average Bonchev–Trinajstić information content (AvgIpc) is 2.62. The minimum atomic E-state index is 0. The van der Waals surface area contributed by atoms with Crippen molar-refractivity contribution in [1.29, 1.82) is 0 Å². The molecule has 0 saturated carbocycles. The van der Waals surface area contributed by atoms with Crippen molar-refractivity contribution in [3.63, 3.8) is 0 Å². The van der Waals surface area contributed by atoms with Gasteiger partial charge >= 0.3 is 0 Å². The Hall–Kier alpha value is -0.710. The van der Waals surface area contributed by atoms with Gasteiger partial charge in [0.2, 0.25) is 5.91 Å². The van der Waals surface area contributed by atoms with Crippen LogP contribution in [0, 0.1) is 5.92 Å². The molecule has 3 rings (SSSR count). The van der Waals surface area contributed by atoms with Crippen molar-refractivity contribution >= 4 is 30.1 Å². The number of rotatable bonds is 3. The molecule has 1 unspecified atom stereocenters. The van der Waals surface area contributed by atoms with Gasteiger partial charge in [0.05, 0.1) is 6.04 Å². The van der Waals surface area contributed by atoms with Gasteiger partial charge in [0.25, 0.3) is 0 Å². The summed E-state index contributed by atoms with van der Waals surface area (Å²) in [5.74, 6) is 2.90. The molecule has 2 fully saturated rings. The molecule has 1 aromatic carbocycles. The second-order valence-electron chi connectivity index (χ2n) is 6.23. The van der Waals surface area contributed by atoms with Crippen molar-refractivity contribution in [3.8, 4) is 0 Å². The maximum atomic E-state index is 12.9. The predicted molar refractivity (Wildman–Crippen MR) is 100 cm³/mol. The molecule has 0 aliphatic carbocycles. The average molecular weight is 355 g/mol. The van der Waals surface area contributed by atoms with Gasteiger partial charge in [-0.2, -0.15) is 11.8 Å². The number of hydrogen-bond acceptors (Lipinski definition) is 3. The van der Waals surface area contributed by atoms with Crippen molar-refractivity contribution in [1.82, 2.24) is 10.2 Å². The van der Waals surface area contributed by atoms with Crippen LogP contribution in [0.25, 0.3) is 0 Å². The van der Waals surface area contributed by atoms with E-state index in [0.29, 0.717) is 5.91 Å². The highest BCUT2D eigenvalue weighted by Gasteiger charge is 2.32. The van der Waals surface area contributed by atoms with Gasteiger partial charge in [0, 0.05) is 25.6 Å². The third-order valence-corrected chi connectivity index (χ3v) is 5.92. The van der Waals surface area contributed by atoms with Crippen molar-refractivity contribution in [2.45, 2.75) is 32.2 Å². The lowest BCUT2D eigenvalue weighted by Gasteiger charge is -2.39. The van der Waals surface area contributed by atoms with Crippen LogP contribution >= 0.6 is 24.2 Å². The zero-order valence-corrected chi connectivity index (χ0v) is 15.4. The Balaban J connectivity index is 0.00000192. The Morgan fingerprint density at radius 1 is 1.26 bits per heavy atom. The summed E-state index contributed by atoms with van der Waals surface area (Å²) in [5, 5.41) is 3.45. The maximum Gasteiger partial charge on any atom is 0.226 e. The highest BCUT2D eigenvalue weighted by atomic mass is 35.5. The smallest absolute Gasteiger partial charge is 0.226 e. The first-order valence-corrected chi connectivity index (χ1v) is 9.63. The van der Waals surface area contributed by atoms with Crippen LogP contribution in [0.2, 0.25) is 0 Å². The number of nitrogens with one attached hydrogen (secondary N) is 1. The second-order valence-corrected chi connectivity index (χ2v) is 7.46. The predicted octanol–water partition coefficient (Wildman–Crippen LogP) is 3.29. The van der Waals surface area contributed by atoms with Gasteiger partial charge < -0.3 is 10.2 Å². The third kappa shape index (κ3) is 4.43. The van der Waals surface area contributed by atoms with Gasteiger partial charge in [0.15, 0.2) is 0 Å². The Bertz CT molecular complexity index is 502. The van der Waals surface area contributed by atoms with Crippen LogP contribution in [0.1, 0.15) is 36.9 Å². The molecule has 2 saturated heterocycles. The van der Waals surface area contributed by atoms with E-state index in [2.05, 4.69) is 41.4 Å². The molecule has 2 aliphatic heterocycles.